The predicted molar refractivity (Wildman–Crippen MR) is 134 cm³/mol. The Labute approximate surface area is 206 Å². The van der Waals surface area contributed by atoms with Gasteiger partial charge in [0, 0.05) is 23.8 Å². The largest absolute Gasteiger partial charge is 0.376 e. The first kappa shape index (κ1) is 23.3. The van der Waals surface area contributed by atoms with Crippen LogP contribution in [0.5, 0.6) is 0 Å². The zero-order valence-electron chi connectivity index (χ0n) is 19.3. The fourth-order valence-corrected chi connectivity index (χ4v) is 6.84. The molecule has 2 aliphatic heterocycles. The molecule has 0 bridgehead atoms. The zero-order chi connectivity index (χ0) is 23.8. The Bertz CT molecular complexity index is 1290. The number of hydrogen-bond donors (Lipinski definition) is 0. The second-order valence-corrected chi connectivity index (χ2v) is 10.9. The molecule has 1 unspecified atom stereocenters. The quantitative estimate of drug-likeness (QED) is 0.200. The second kappa shape index (κ2) is 9.64. The fraction of sp³-hybridized carbons (Fsp3) is 0.440. The van der Waals surface area contributed by atoms with Crippen molar-refractivity contribution in [2.45, 2.75) is 57.3 Å². The Kier molecular flexibility index (Phi) is 6.59. The number of thiophene rings is 1. The molecule has 4 heterocycles. The van der Waals surface area contributed by atoms with Crippen molar-refractivity contribution in [1.82, 2.24) is 14.5 Å². The third-order valence-electron chi connectivity index (χ3n) is 6.48. The average molecular weight is 498 g/mol. The molecular weight excluding hydrogens is 470 g/mol. The van der Waals surface area contributed by atoms with Gasteiger partial charge in [0.15, 0.2) is 5.16 Å². The van der Waals surface area contributed by atoms with E-state index in [2.05, 4.69) is 6.92 Å². The summed E-state index contributed by atoms with van der Waals surface area (Å²) >= 11 is 3.08. The minimum absolute atomic E-state index is 0.00421. The van der Waals surface area contributed by atoms with Gasteiger partial charge in [-0.15, -0.1) is 11.3 Å². The molecule has 0 aliphatic carbocycles. The van der Waals surface area contributed by atoms with E-state index in [0.717, 1.165) is 46.5 Å². The molecule has 1 saturated heterocycles. The molecule has 0 saturated carbocycles. The Morgan fingerprint density at radius 3 is 2.56 bits per heavy atom. The lowest BCUT2D eigenvalue weighted by atomic mass is 10.1. The topological polar surface area (TPSA) is 81.5 Å². The number of thioether (sulfide) groups is 1. The second-order valence-electron chi connectivity index (χ2n) is 8.63. The lowest BCUT2D eigenvalue weighted by Crippen LogP contribution is -2.31. The summed E-state index contributed by atoms with van der Waals surface area (Å²) in [5.41, 5.74) is 2.03. The first-order valence-corrected chi connectivity index (χ1v) is 13.5. The highest BCUT2D eigenvalue weighted by molar-refractivity contribution is 7.99. The van der Waals surface area contributed by atoms with Gasteiger partial charge in [0.2, 0.25) is 0 Å². The maximum Gasteiger partial charge on any atom is 0.263 e. The van der Waals surface area contributed by atoms with Crippen molar-refractivity contribution in [2.75, 3.05) is 18.9 Å². The Hall–Kier alpha value is -2.49. The molecule has 3 aromatic rings. The first-order chi connectivity index (χ1) is 16.5. The number of nitrogens with zero attached hydrogens (tertiary/aromatic N) is 3. The molecule has 0 spiro atoms. The van der Waals surface area contributed by atoms with Crippen LogP contribution in [-0.4, -0.2) is 51.3 Å². The van der Waals surface area contributed by atoms with E-state index in [1.54, 1.807) is 40.2 Å². The molecule has 0 radical (unpaired) electrons. The number of aryl methyl sites for hydroxylation is 2. The number of hydrogen-bond acceptors (Lipinski definition) is 7. The van der Waals surface area contributed by atoms with E-state index in [1.165, 1.54) is 16.7 Å². The summed E-state index contributed by atoms with van der Waals surface area (Å²) in [6.07, 6.45) is 3.40. The summed E-state index contributed by atoms with van der Waals surface area (Å²) in [5.74, 6) is 0.171. The number of benzene rings is 1. The van der Waals surface area contributed by atoms with Gasteiger partial charge in [-0.05, 0) is 50.3 Å². The van der Waals surface area contributed by atoms with Crippen LogP contribution < -0.4 is 5.56 Å². The van der Waals surface area contributed by atoms with Crippen LogP contribution in [0.4, 0.5) is 0 Å². The number of aromatic nitrogens is 2. The highest BCUT2D eigenvalue weighted by Crippen LogP contribution is 2.30. The zero-order valence-corrected chi connectivity index (χ0v) is 21.0. The molecule has 1 atom stereocenters. The molecule has 9 heteroatoms. The number of rotatable bonds is 8. The number of carbonyl (C=O) groups is 2. The van der Waals surface area contributed by atoms with Crippen LogP contribution in [0.25, 0.3) is 10.2 Å². The van der Waals surface area contributed by atoms with Crippen LogP contribution in [0.15, 0.2) is 34.2 Å². The summed E-state index contributed by atoms with van der Waals surface area (Å²) < 4.78 is 7.59. The van der Waals surface area contributed by atoms with E-state index in [1.807, 2.05) is 6.92 Å². The van der Waals surface area contributed by atoms with Gasteiger partial charge in [-0.2, -0.15) is 0 Å². The number of amides is 2. The van der Waals surface area contributed by atoms with Gasteiger partial charge >= 0.3 is 0 Å². The maximum absolute atomic E-state index is 13.5. The summed E-state index contributed by atoms with van der Waals surface area (Å²) in [7, 11) is 0. The molecule has 2 aliphatic rings. The highest BCUT2D eigenvalue weighted by atomic mass is 32.2. The Morgan fingerprint density at radius 1 is 1.18 bits per heavy atom. The Morgan fingerprint density at radius 2 is 1.91 bits per heavy atom. The lowest BCUT2D eigenvalue weighted by Gasteiger charge is -2.17. The molecule has 0 N–H and O–H groups in total. The van der Waals surface area contributed by atoms with E-state index in [0.29, 0.717) is 41.5 Å². The lowest BCUT2D eigenvalue weighted by molar-refractivity contribution is 0.0654. The van der Waals surface area contributed by atoms with Gasteiger partial charge in [0.1, 0.15) is 4.83 Å². The van der Waals surface area contributed by atoms with Crippen molar-refractivity contribution >= 4 is 45.1 Å². The van der Waals surface area contributed by atoms with Crippen molar-refractivity contribution in [3.63, 3.8) is 0 Å². The molecule has 2 amide bonds. The third-order valence-corrected chi connectivity index (χ3v) is 8.58. The van der Waals surface area contributed by atoms with Gasteiger partial charge in [-0.25, -0.2) is 4.98 Å². The molecule has 34 heavy (non-hydrogen) atoms. The molecule has 1 fully saturated rings. The van der Waals surface area contributed by atoms with Gasteiger partial charge < -0.3 is 4.74 Å². The predicted octanol–water partition coefficient (Wildman–Crippen LogP) is 4.29. The standard InChI is InChI=1S/C25H27N3O4S2/c1-3-17-15(2)34-21-20(17)24(31)28(14-16-8-6-12-32-16)25(26-21)33-13-7-11-27-22(29)18-9-4-5-10-19(18)23(27)30/h4-5,9-10,16H,3,6-8,11-14H2,1-2H3. The van der Waals surface area contributed by atoms with Crippen LogP contribution in [0, 0.1) is 6.92 Å². The van der Waals surface area contributed by atoms with Crippen molar-refractivity contribution in [2.24, 2.45) is 0 Å². The van der Waals surface area contributed by atoms with Crippen molar-refractivity contribution in [3.8, 4) is 0 Å². The smallest absolute Gasteiger partial charge is 0.263 e. The monoisotopic (exact) mass is 497 g/mol. The van der Waals surface area contributed by atoms with Crippen LogP contribution in [0.3, 0.4) is 0 Å². The third kappa shape index (κ3) is 4.10. The van der Waals surface area contributed by atoms with Gasteiger partial charge in [0.25, 0.3) is 17.4 Å². The molecule has 178 valence electrons. The van der Waals surface area contributed by atoms with E-state index in [4.69, 9.17) is 9.72 Å². The summed E-state index contributed by atoms with van der Waals surface area (Å²) in [5, 5.41) is 1.41. The van der Waals surface area contributed by atoms with Crippen LogP contribution in [0.2, 0.25) is 0 Å². The Balaban J connectivity index is 1.34. The fourth-order valence-electron chi connectivity index (χ4n) is 4.75. The number of carbonyl (C=O) groups excluding carboxylic acids is 2. The first-order valence-electron chi connectivity index (χ1n) is 11.7. The minimum Gasteiger partial charge on any atom is -0.376 e. The van der Waals surface area contributed by atoms with Crippen LogP contribution in [-0.2, 0) is 17.7 Å². The number of fused-ring (bicyclic) bond motifs is 2. The van der Waals surface area contributed by atoms with E-state index in [9.17, 15) is 14.4 Å². The van der Waals surface area contributed by atoms with Gasteiger partial charge in [-0.3, -0.25) is 23.9 Å². The summed E-state index contributed by atoms with van der Waals surface area (Å²) in [6, 6.07) is 6.94. The minimum atomic E-state index is -0.235. The van der Waals surface area contributed by atoms with Crippen molar-refractivity contribution in [3.05, 3.63) is 56.2 Å². The molecule has 5 rings (SSSR count). The highest BCUT2D eigenvalue weighted by Gasteiger charge is 2.34. The normalized spacial score (nSPS) is 17.8. The SMILES string of the molecule is CCc1c(C)sc2nc(SCCCN3C(=O)c4ccccc4C3=O)n(CC3CCCO3)c(=O)c12. The number of ether oxygens (including phenoxy) is 1. The van der Waals surface area contributed by atoms with Crippen molar-refractivity contribution < 1.29 is 14.3 Å². The summed E-state index contributed by atoms with van der Waals surface area (Å²) in [4.78, 5) is 46.9. The molecule has 1 aromatic carbocycles. The van der Waals surface area contributed by atoms with E-state index < -0.39 is 0 Å². The maximum atomic E-state index is 13.5. The molecular formula is C25H27N3O4S2. The van der Waals surface area contributed by atoms with Gasteiger partial charge in [0.05, 0.1) is 29.2 Å². The van der Waals surface area contributed by atoms with Crippen molar-refractivity contribution in [1.29, 1.82) is 0 Å². The molecule has 7 nitrogen and oxygen atoms in total. The van der Waals surface area contributed by atoms with Gasteiger partial charge in [-0.1, -0.05) is 30.8 Å². The van der Waals surface area contributed by atoms with Crippen LogP contribution >= 0.6 is 23.1 Å². The summed E-state index contributed by atoms with van der Waals surface area (Å²) in [6.45, 7) is 5.69. The molecule has 2 aromatic heterocycles. The number of imide groups is 1. The van der Waals surface area contributed by atoms with E-state index in [-0.39, 0.29) is 23.5 Å². The van der Waals surface area contributed by atoms with Crippen LogP contribution in [0.1, 0.15) is 57.3 Å². The van der Waals surface area contributed by atoms with E-state index >= 15 is 0 Å². The average Bonchev–Trinajstić information content (AvgIpc) is 3.52.